The first kappa shape index (κ1) is 40.5. The zero-order valence-corrected chi connectivity index (χ0v) is 28.4. The largest absolute Gasteiger partial charge is 0.507 e. The molecule has 266 valence electrons. The molecule has 0 radical (unpaired) electrons. The molecule has 1 aliphatic heterocycles. The van der Waals surface area contributed by atoms with Gasteiger partial charge in [0, 0.05) is 42.3 Å². The van der Waals surface area contributed by atoms with Gasteiger partial charge in [-0.25, -0.2) is 0 Å². The van der Waals surface area contributed by atoms with Crippen LogP contribution in [0.1, 0.15) is 57.4 Å². The number of fused-ring (bicyclic) bond motifs is 1. The molecule has 0 bridgehead atoms. The van der Waals surface area contributed by atoms with Gasteiger partial charge in [-0.2, -0.15) is 0 Å². The third kappa shape index (κ3) is 9.91. The summed E-state index contributed by atoms with van der Waals surface area (Å²) >= 11 is 17.1. The molecule has 18 nitrogen and oxygen atoms in total. The minimum Gasteiger partial charge on any atom is -0.507 e. The van der Waals surface area contributed by atoms with E-state index >= 15 is 0 Å². The van der Waals surface area contributed by atoms with E-state index in [0.29, 0.717) is 12.0 Å². The second-order valence-corrected chi connectivity index (χ2v) is 12.0. The van der Waals surface area contributed by atoms with Crippen LogP contribution in [0.5, 0.6) is 17.2 Å². The predicted molar refractivity (Wildman–Crippen MR) is 180 cm³/mol. The highest BCUT2D eigenvalue weighted by Crippen LogP contribution is 2.45. The number of phenols is 1. The van der Waals surface area contributed by atoms with E-state index in [9.17, 15) is 44.7 Å². The van der Waals surface area contributed by atoms with Crippen LogP contribution in [0.25, 0.3) is 0 Å². The van der Waals surface area contributed by atoms with Gasteiger partial charge in [-0.3, -0.25) is 44.7 Å². The highest BCUT2D eigenvalue weighted by atomic mass is 35.5. The van der Waals surface area contributed by atoms with Gasteiger partial charge in [0.2, 0.25) is 0 Å². The van der Waals surface area contributed by atoms with Gasteiger partial charge >= 0.3 is 0 Å². The van der Waals surface area contributed by atoms with E-state index in [-0.39, 0.29) is 55.6 Å². The standard InChI is InChI=1S/2C11H11ClN2O4.C7H5ClN2O4/c1-11(2)4-6-8(12)7(14(16)17)3-5(10(13)15)9(6)18-11;1-6(2)5-18-10-4-8(12)9(14(16)17)3-7(10)11(13)15;8-4-2-6(11)3(7(9)12)1-5(4)10(13)14/h3H,4H2,1-2H3,(H2,13,15);3-4H,1,5H2,2H3,(H2,13,15);1-2,11H,(H2,9,12). The smallest absolute Gasteiger partial charge is 0.289 e. The Labute approximate surface area is 296 Å². The Balaban J connectivity index is 0.000000263. The average Bonchev–Trinajstić information content (AvgIpc) is 3.31. The number of hydrogen-bond acceptors (Lipinski definition) is 12. The van der Waals surface area contributed by atoms with Crippen molar-refractivity contribution in [1.29, 1.82) is 0 Å². The van der Waals surface area contributed by atoms with Gasteiger partial charge in [-0.05, 0) is 26.3 Å². The fraction of sp³-hybridized carbons (Fsp3) is 0.207. The Kier molecular flexibility index (Phi) is 13.0. The van der Waals surface area contributed by atoms with Crippen LogP contribution < -0.4 is 26.7 Å². The highest BCUT2D eigenvalue weighted by molar-refractivity contribution is 6.34. The molecule has 0 spiro atoms. The molecule has 1 heterocycles. The summed E-state index contributed by atoms with van der Waals surface area (Å²) < 4.78 is 10.9. The van der Waals surface area contributed by atoms with Crippen molar-refractivity contribution in [2.75, 3.05) is 6.61 Å². The summed E-state index contributed by atoms with van der Waals surface area (Å²) in [6.07, 6.45) is 0.392. The van der Waals surface area contributed by atoms with Crippen LogP contribution in [0.3, 0.4) is 0 Å². The lowest BCUT2D eigenvalue weighted by molar-refractivity contribution is -0.384. The molecule has 3 amide bonds. The summed E-state index contributed by atoms with van der Waals surface area (Å²) in [7, 11) is 0. The summed E-state index contributed by atoms with van der Waals surface area (Å²) in [5.74, 6) is -2.69. The Hall–Kier alpha value is -5.72. The maximum Gasteiger partial charge on any atom is 0.289 e. The maximum atomic E-state index is 11.3. The molecule has 50 heavy (non-hydrogen) atoms. The number of nitrogens with two attached hydrogens (primary N) is 3. The van der Waals surface area contributed by atoms with Crippen molar-refractivity contribution in [3.05, 3.63) is 110 Å². The fourth-order valence-corrected chi connectivity index (χ4v) is 4.82. The molecule has 0 saturated carbocycles. The molecule has 0 saturated heterocycles. The summed E-state index contributed by atoms with van der Waals surface area (Å²) in [5.41, 5.74) is 14.2. The van der Waals surface area contributed by atoms with Crippen LogP contribution in [-0.2, 0) is 6.42 Å². The quantitative estimate of drug-likeness (QED) is 0.121. The molecule has 3 aromatic carbocycles. The lowest BCUT2D eigenvalue weighted by Gasteiger charge is -2.17. The Morgan fingerprint density at radius 3 is 1.72 bits per heavy atom. The minimum atomic E-state index is -0.956. The summed E-state index contributed by atoms with van der Waals surface area (Å²) in [6, 6.07) is 4.99. The van der Waals surface area contributed by atoms with E-state index < -0.39 is 55.2 Å². The molecule has 0 unspecified atom stereocenters. The van der Waals surface area contributed by atoms with Crippen molar-refractivity contribution in [2.45, 2.75) is 32.8 Å². The second kappa shape index (κ2) is 16.1. The lowest BCUT2D eigenvalue weighted by Crippen LogP contribution is -2.25. The molecular formula is C29H27Cl3N6O12. The van der Waals surface area contributed by atoms with Crippen molar-refractivity contribution in [1.82, 2.24) is 0 Å². The molecule has 21 heteroatoms. The fourth-order valence-electron chi connectivity index (χ4n) is 4.10. The van der Waals surface area contributed by atoms with Gasteiger partial charge in [0.05, 0.1) is 31.5 Å². The van der Waals surface area contributed by atoms with Crippen LogP contribution in [0.4, 0.5) is 17.1 Å². The number of nitro groups is 3. The van der Waals surface area contributed by atoms with Crippen LogP contribution >= 0.6 is 34.8 Å². The van der Waals surface area contributed by atoms with Gasteiger partial charge in [0.15, 0.2) is 0 Å². The van der Waals surface area contributed by atoms with E-state index in [1.165, 1.54) is 6.07 Å². The van der Waals surface area contributed by atoms with E-state index in [1.807, 2.05) is 0 Å². The number of benzene rings is 3. The van der Waals surface area contributed by atoms with E-state index in [1.54, 1.807) is 20.8 Å². The Morgan fingerprint density at radius 1 is 0.840 bits per heavy atom. The molecule has 0 fully saturated rings. The van der Waals surface area contributed by atoms with Crippen molar-refractivity contribution >= 4 is 69.6 Å². The van der Waals surface area contributed by atoms with Crippen LogP contribution in [0.15, 0.2) is 42.5 Å². The van der Waals surface area contributed by atoms with Gasteiger partial charge in [-0.15, -0.1) is 0 Å². The van der Waals surface area contributed by atoms with Gasteiger partial charge in [0.1, 0.15) is 44.5 Å². The zero-order chi connectivity index (χ0) is 38.4. The van der Waals surface area contributed by atoms with Crippen LogP contribution in [0, 0.1) is 30.3 Å². The van der Waals surface area contributed by atoms with Gasteiger partial charge < -0.3 is 31.8 Å². The number of aromatic hydroxyl groups is 1. The number of hydrogen-bond donors (Lipinski definition) is 4. The van der Waals surface area contributed by atoms with Crippen LogP contribution in [0.2, 0.25) is 15.1 Å². The van der Waals surface area contributed by atoms with Crippen LogP contribution in [-0.4, -0.2) is 49.8 Å². The summed E-state index contributed by atoms with van der Waals surface area (Å²) in [6.45, 7) is 9.14. The minimum absolute atomic E-state index is 0.00516. The number of halogens is 3. The SMILES string of the molecule is C=C(C)COc1cc(Cl)c([N+](=O)[O-])cc1C(N)=O.CC1(C)Cc2c(Cl)c([N+](=O)[O-])cc(C(N)=O)c2O1.NC(=O)c1cc([N+](=O)[O-])c(Cl)cc1O. The Bertz CT molecular complexity index is 1920. The molecule has 1 aliphatic rings. The summed E-state index contributed by atoms with van der Waals surface area (Å²) in [4.78, 5) is 63.1. The monoisotopic (exact) mass is 756 g/mol. The second-order valence-electron chi connectivity index (χ2n) is 10.8. The topological polar surface area (TPSA) is 297 Å². The Morgan fingerprint density at radius 2 is 1.28 bits per heavy atom. The third-order valence-corrected chi connectivity index (χ3v) is 7.27. The predicted octanol–water partition coefficient (Wildman–Crippen LogP) is 5.42. The van der Waals surface area contributed by atoms with E-state index in [4.69, 9.17) is 66.6 Å². The first-order chi connectivity index (χ1) is 23.0. The van der Waals surface area contributed by atoms with Gasteiger partial charge in [0.25, 0.3) is 34.8 Å². The summed E-state index contributed by atoms with van der Waals surface area (Å²) in [5, 5.41) is 40.8. The number of carbonyl (C=O) groups is 3. The molecule has 0 aromatic heterocycles. The van der Waals surface area contributed by atoms with E-state index in [2.05, 4.69) is 6.58 Å². The van der Waals surface area contributed by atoms with Crippen molar-refractivity contribution < 1.29 is 43.7 Å². The number of nitrogens with zero attached hydrogens (tertiary/aromatic N) is 3. The molecule has 7 N–H and O–H groups in total. The number of amides is 3. The first-order valence-corrected chi connectivity index (χ1v) is 14.6. The number of primary amides is 3. The molecule has 0 aliphatic carbocycles. The van der Waals surface area contributed by atoms with Gasteiger partial charge in [-0.1, -0.05) is 41.4 Å². The maximum absolute atomic E-state index is 11.3. The van der Waals surface area contributed by atoms with Crippen molar-refractivity contribution in [3.63, 3.8) is 0 Å². The number of rotatable bonds is 9. The molecule has 4 rings (SSSR count). The molecular weight excluding hydrogens is 731 g/mol. The van der Waals surface area contributed by atoms with E-state index in [0.717, 1.165) is 29.8 Å². The normalized spacial score (nSPS) is 12.0. The third-order valence-electron chi connectivity index (χ3n) is 6.25. The number of nitro benzene ring substituents is 3. The highest BCUT2D eigenvalue weighted by Gasteiger charge is 2.38. The lowest BCUT2D eigenvalue weighted by atomic mass is 9.99. The van der Waals surface area contributed by atoms with Crippen molar-refractivity contribution in [2.24, 2.45) is 17.2 Å². The van der Waals surface area contributed by atoms with Crippen molar-refractivity contribution in [3.8, 4) is 17.2 Å². The molecule has 3 aromatic rings. The molecule has 0 atom stereocenters. The first-order valence-electron chi connectivity index (χ1n) is 13.5. The zero-order valence-electron chi connectivity index (χ0n) is 26.2. The number of carbonyl (C=O) groups excluding carboxylic acids is 3. The number of ether oxygens (including phenoxy) is 2. The average molecular weight is 758 g/mol.